The molecule has 1 amide bonds. The summed E-state index contributed by atoms with van der Waals surface area (Å²) in [4.78, 5) is 12.4. The fourth-order valence-corrected chi connectivity index (χ4v) is 3.03. The smallest absolute Gasteiger partial charge is 0.277 e. The van der Waals surface area contributed by atoms with Crippen molar-refractivity contribution in [1.29, 1.82) is 0 Å². The van der Waals surface area contributed by atoms with Crippen LogP contribution in [-0.4, -0.2) is 35.1 Å². The number of thioether (sulfide) groups is 1. The molecule has 9 heteroatoms. The molecule has 0 bridgehead atoms. The molecule has 29 heavy (non-hydrogen) atoms. The van der Waals surface area contributed by atoms with Gasteiger partial charge in [-0.25, -0.2) is 4.39 Å². The van der Waals surface area contributed by atoms with Crippen molar-refractivity contribution in [3.8, 4) is 23.0 Å². The number of hydrogen-bond acceptors (Lipinski definition) is 7. The number of nitrogens with one attached hydrogen (secondary N) is 1. The molecule has 3 rings (SSSR count). The molecule has 152 valence electrons. The monoisotopic (exact) mass is 417 g/mol. The van der Waals surface area contributed by atoms with Crippen molar-refractivity contribution in [2.75, 3.05) is 24.3 Å². The van der Waals surface area contributed by atoms with Crippen LogP contribution in [-0.2, 0) is 4.79 Å². The predicted octanol–water partition coefficient (Wildman–Crippen LogP) is 4.40. The molecule has 0 radical (unpaired) electrons. The van der Waals surface area contributed by atoms with Crippen LogP contribution in [0.5, 0.6) is 11.5 Å². The van der Waals surface area contributed by atoms with Gasteiger partial charge in [-0.2, -0.15) is 0 Å². The standard InChI is InChI=1S/C20H20FN3O4S/c1-3-26-13-9-10-17(27-4-2)16(11-13)22-18(25)12-29-20-24-23-19(28-20)14-7-5-6-8-15(14)21/h5-11H,3-4,12H2,1-2H3,(H,22,25). The first-order valence-electron chi connectivity index (χ1n) is 9.01. The van der Waals surface area contributed by atoms with Crippen LogP contribution >= 0.6 is 11.8 Å². The number of amides is 1. The van der Waals surface area contributed by atoms with Crippen LogP contribution in [0.25, 0.3) is 11.5 Å². The van der Waals surface area contributed by atoms with Crippen LogP contribution in [0.4, 0.5) is 10.1 Å². The lowest BCUT2D eigenvalue weighted by atomic mass is 10.2. The van der Waals surface area contributed by atoms with Crippen LogP contribution in [0, 0.1) is 5.82 Å². The van der Waals surface area contributed by atoms with E-state index in [2.05, 4.69) is 15.5 Å². The first-order chi connectivity index (χ1) is 14.1. The lowest BCUT2D eigenvalue weighted by Gasteiger charge is -2.13. The van der Waals surface area contributed by atoms with Gasteiger partial charge in [-0.3, -0.25) is 4.79 Å². The molecule has 1 N–H and O–H groups in total. The van der Waals surface area contributed by atoms with Gasteiger partial charge in [-0.15, -0.1) is 10.2 Å². The van der Waals surface area contributed by atoms with Gasteiger partial charge in [0.1, 0.15) is 17.3 Å². The Labute approximate surface area is 171 Å². The van der Waals surface area contributed by atoms with Crippen molar-refractivity contribution in [3.05, 3.63) is 48.3 Å². The van der Waals surface area contributed by atoms with E-state index in [4.69, 9.17) is 13.9 Å². The Morgan fingerprint density at radius 3 is 2.69 bits per heavy atom. The summed E-state index contributed by atoms with van der Waals surface area (Å²) < 4.78 is 30.3. The van der Waals surface area contributed by atoms with Gasteiger partial charge in [0.05, 0.1) is 30.2 Å². The summed E-state index contributed by atoms with van der Waals surface area (Å²) in [5, 5.41) is 10.7. The van der Waals surface area contributed by atoms with Crippen molar-refractivity contribution in [2.45, 2.75) is 19.1 Å². The second-order valence-corrected chi connectivity index (χ2v) is 6.64. The lowest BCUT2D eigenvalue weighted by molar-refractivity contribution is -0.113. The Morgan fingerprint density at radius 1 is 1.14 bits per heavy atom. The van der Waals surface area contributed by atoms with E-state index >= 15 is 0 Å². The Balaban J connectivity index is 1.63. The Hall–Kier alpha value is -3.07. The van der Waals surface area contributed by atoms with Gasteiger partial charge in [-0.05, 0) is 38.1 Å². The number of rotatable bonds is 9. The molecule has 0 saturated heterocycles. The minimum Gasteiger partial charge on any atom is -0.494 e. The van der Waals surface area contributed by atoms with Crippen molar-refractivity contribution in [3.63, 3.8) is 0 Å². The van der Waals surface area contributed by atoms with Crippen molar-refractivity contribution in [2.24, 2.45) is 0 Å². The van der Waals surface area contributed by atoms with E-state index in [1.807, 2.05) is 13.8 Å². The molecular formula is C20H20FN3O4S. The summed E-state index contributed by atoms with van der Waals surface area (Å²) in [6.45, 7) is 4.72. The van der Waals surface area contributed by atoms with Crippen molar-refractivity contribution < 1.29 is 23.1 Å². The summed E-state index contributed by atoms with van der Waals surface area (Å²) in [5.74, 6) is 0.537. The summed E-state index contributed by atoms with van der Waals surface area (Å²) in [6.07, 6.45) is 0. The third-order valence-electron chi connectivity index (χ3n) is 3.67. The molecule has 1 aromatic heterocycles. The summed E-state index contributed by atoms with van der Waals surface area (Å²) >= 11 is 1.06. The molecule has 0 saturated carbocycles. The average molecular weight is 417 g/mol. The molecule has 0 spiro atoms. The number of aromatic nitrogens is 2. The van der Waals surface area contributed by atoms with E-state index in [0.29, 0.717) is 30.4 Å². The number of halogens is 1. The number of carbonyl (C=O) groups is 1. The van der Waals surface area contributed by atoms with Gasteiger partial charge < -0.3 is 19.2 Å². The van der Waals surface area contributed by atoms with Crippen LogP contribution in [0.3, 0.4) is 0 Å². The highest BCUT2D eigenvalue weighted by Gasteiger charge is 2.15. The zero-order valence-electron chi connectivity index (χ0n) is 16.0. The van der Waals surface area contributed by atoms with Crippen LogP contribution in [0.2, 0.25) is 0 Å². The lowest BCUT2D eigenvalue weighted by Crippen LogP contribution is -2.15. The molecule has 2 aromatic carbocycles. The summed E-state index contributed by atoms with van der Waals surface area (Å²) in [5.41, 5.74) is 0.728. The fourth-order valence-electron chi connectivity index (χ4n) is 2.47. The normalized spacial score (nSPS) is 10.6. The highest BCUT2D eigenvalue weighted by Crippen LogP contribution is 2.30. The number of anilines is 1. The van der Waals surface area contributed by atoms with Gasteiger partial charge in [-0.1, -0.05) is 23.9 Å². The first kappa shape index (κ1) is 20.7. The van der Waals surface area contributed by atoms with Crippen LogP contribution in [0.15, 0.2) is 52.1 Å². The second kappa shape index (κ2) is 9.92. The van der Waals surface area contributed by atoms with Gasteiger partial charge in [0, 0.05) is 6.07 Å². The van der Waals surface area contributed by atoms with E-state index in [-0.39, 0.29) is 28.3 Å². The highest BCUT2D eigenvalue weighted by molar-refractivity contribution is 7.99. The third kappa shape index (κ3) is 5.47. The average Bonchev–Trinajstić information content (AvgIpc) is 3.18. The number of hydrogen-bond donors (Lipinski definition) is 1. The molecule has 3 aromatic rings. The zero-order chi connectivity index (χ0) is 20.6. The van der Waals surface area contributed by atoms with Gasteiger partial charge in [0.2, 0.25) is 5.91 Å². The van der Waals surface area contributed by atoms with E-state index in [9.17, 15) is 9.18 Å². The Bertz CT molecular complexity index is 980. The molecule has 0 aliphatic rings. The Morgan fingerprint density at radius 2 is 1.93 bits per heavy atom. The van der Waals surface area contributed by atoms with E-state index in [1.54, 1.807) is 36.4 Å². The Kier molecular flexibility index (Phi) is 7.07. The highest BCUT2D eigenvalue weighted by atomic mass is 32.2. The molecule has 0 aliphatic carbocycles. The van der Waals surface area contributed by atoms with Gasteiger partial charge >= 0.3 is 0 Å². The molecule has 0 aliphatic heterocycles. The largest absolute Gasteiger partial charge is 0.494 e. The SMILES string of the molecule is CCOc1ccc(OCC)c(NC(=O)CSc2nnc(-c3ccccc3F)o2)c1. The van der Waals surface area contributed by atoms with Crippen LogP contribution < -0.4 is 14.8 Å². The minimum absolute atomic E-state index is 0.0311. The molecular weight excluding hydrogens is 397 g/mol. The number of nitrogens with zero attached hydrogens (tertiary/aromatic N) is 2. The molecule has 0 atom stereocenters. The number of benzene rings is 2. The maximum atomic E-state index is 13.8. The summed E-state index contributed by atoms with van der Waals surface area (Å²) in [7, 11) is 0. The topological polar surface area (TPSA) is 86.5 Å². The molecule has 0 fully saturated rings. The minimum atomic E-state index is -0.455. The van der Waals surface area contributed by atoms with Crippen molar-refractivity contribution >= 4 is 23.4 Å². The maximum Gasteiger partial charge on any atom is 0.277 e. The number of carbonyl (C=O) groups excluding carboxylic acids is 1. The third-order valence-corrected chi connectivity index (χ3v) is 4.49. The maximum absolute atomic E-state index is 13.8. The van der Waals surface area contributed by atoms with E-state index in [0.717, 1.165) is 11.8 Å². The van der Waals surface area contributed by atoms with Crippen LogP contribution in [0.1, 0.15) is 13.8 Å². The number of ether oxygens (including phenoxy) is 2. The quantitative estimate of drug-likeness (QED) is 0.516. The first-order valence-corrected chi connectivity index (χ1v) is 10.00. The summed E-state index contributed by atoms with van der Waals surface area (Å²) in [6, 6.07) is 11.3. The van der Waals surface area contributed by atoms with Gasteiger partial charge in [0.25, 0.3) is 11.1 Å². The van der Waals surface area contributed by atoms with Crippen molar-refractivity contribution in [1.82, 2.24) is 10.2 Å². The van der Waals surface area contributed by atoms with Gasteiger partial charge in [0.15, 0.2) is 0 Å². The van der Waals surface area contributed by atoms with E-state index in [1.165, 1.54) is 6.07 Å². The predicted molar refractivity (Wildman–Crippen MR) is 108 cm³/mol. The fraction of sp³-hybridized carbons (Fsp3) is 0.250. The second-order valence-electron chi connectivity index (χ2n) is 5.71. The molecule has 1 heterocycles. The molecule has 0 unspecified atom stereocenters. The zero-order valence-corrected chi connectivity index (χ0v) is 16.8. The molecule has 7 nitrogen and oxygen atoms in total. The van der Waals surface area contributed by atoms with E-state index < -0.39 is 5.82 Å².